The summed E-state index contributed by atoms with van der Waals surface area (Å²) in [5.74, 6) is 0.929. The Hall–Kier alpha value is -1.20. The number of rotatable bonds is 4. The van der Waals surface area contributed by atoms with Gasteiger partial charge in [-0.25, -0.2) is 4.98 Å². The Labute approximate surface area is 121 Å². The number of fused-ring (bicyclic) bond motifs is 1. The van der Waals surface area contributed by atoms with Crippen LogP contribution in [0, 0.1) is 13.8 Å². The summed E-state index contributed by atoms with van der Waals surface area (Å²) in [5, 5.41) is 4.33. The lowest BCUT2D eigenvalue weighted by atomic mass is 10.2. The van der Waals surface area contributed by atoms with Gasteiger partial charge in [0.2, 0.25) is 0 Å². The van der Waals surface area contributed by atoms with E-state index in [0.717, 1.165) is 41.0 Å². The third-order valence-corrected chi connectivity index (χ3v) is 5.45. The van der Waals surface area contributed by atoms with Crippen molar-refractivity contribution >= 4 is 21.6 Å². The lowest BCUT2D eigenvalue weighted by Crippen LogP contribution is -2.28. The molecule has 2 saturated carbocycles. The van der Waals surface area contributed by atoms with E-state index in [9.17, 15) is 4.79 Å². The largest absolute Gasteiger partial charge is 0.307 e. The van der Waals surface area contributed by atoms with Gasteiger partial charge in [0.1, 0.15) is 10.7 Å². The molecule has 0 unspecified atom stereocenters. The normalized spacial score (nSPS) is 18.9. The van der Waals surface area contributed by atoms with Crippen molar-refractivity contribution in [3.63, 3.8) is 0 Å². The van der Waals surface area contributed by atoms with E-state index in [-0.39, 0.29) is 5.56 Å². The summed E-state index contributed by atoms with van der Waals surface area (Å²) in [6, 6.07) is 1.03. The molecule has 0 spiro atoms. The number of aryl methyl sites for hydroxylation is 2. The first-order chi connectivity index (χ1) is 9.65. The fourth-order valence-corrected chi connectivity index (χ4v) is 3.74. The SMILES string of the molecule is Cc1sc2nc(CNC3CC3)n(C3CC3)c(=O)c2c1C. The lowest BCUT2D eigenvalue weighted by molar-refractivity contribution is 0.581. The minimum absolute atomic E-state index is 0.173. The smallest absolute Gasteiger partial charge is 0.262 e. The molecule has 20 heavy (non-hydrogen) atoms. The number of hydrogen-bond donors (Lipinski definition) is 1. The van der Waals surface area contributed by atoms with Crippen molar-refractivity contribution in [3.8, 4) is 0 Å². The molecule has 2 aliphatic carbocycles. The minimum atomic E-state index is 0.173. The molecule has 0 aliphatic heterocycles. The van der Waals surface area contributed by atoms with E-state index in [1.165, 1.54) is 17.7 Å². The highest BCUT2D eigenvalue weighted by Crippen LogP contribution is 2.36. The first-order valence-electron chi connectivity index (χ1n) is 7.39. The van der Waals surface area contributed by atoms with Crippen LogP contribution < -0.4 is 10.9 Å². The van der Waals surface area contributed by atoms with Gasteiger partial charge in [0.25, 0.3) is 5.56 Å². The van der Waals surface area contributed by atoms with Gasteiger partial charge in [-0.05, 0) is 45.1 Å². The quantitative estimate of drug-likeness (QED) is 0.941. The Morgan fingerprint density at radius 2 is 2.05 bits per heavy atom. The Bertz CT molecular complexity index is 738. The van der Waals surface area contributed by atoms with Crippen LogP contribution >= 0.6 is 11.3 Å². The molecule has 5 heteroatoms. The Kier molecular flexibility index (Phi) is 2.76. The maximum Gasteiger partial charge on any atom is 0.262 e. The van der Waals surface area contributed by atoms with Crippen LogP contribution in [-0.2, 0) is 6.54 Å². The molecule has 1 N–H and O–H groups in total. The van der Waals surface area contributed by atoms with Gasteiger partial charge in [0.15, 0.2) is 0 Å². The highest BCUT2D eigenvalue weighted by atomic mass is 32.1. The number of hydrogen-bond acceptors (Lipinski definition) is 4. The lowest BCUT2D eigenvalue weighted by Gasteiger charge is -2.12. The third-order valence-electron chi connectivity index (χ3n) is 4.35. The number of aromatic nitrogens is 2. The highest BCUT2D eigenvalue weighted by molar-refractivity contribution is 7.18. The van der Waals surface area contributed by atoms with E-state index in [2.05, 4.69) is 12.2 Å². The van der Waals surface area contributed by atoms with Gasteiger partial charge in [0, 0.05) is 17.0 Å². The van der Waals surface area contributed by atoms with Gasteiger partial charge in [0.05, 0.1) is 11.9 Å². The molecule has 0 amide bonds. The van der Waals surface area contributed by atoms with E-state index >= 15 is 0 Å². The van der Waals surface area contributed by atoms with Crippen LogP contribution in [0.4, 0.5) is 0 Å². The molecule has 2 fully saturated rings. The molecule has 2 aliphatic rings. The van der Waals surface area contributed by atoms with Crippen LogP contribution in [0.2, 0.25) is 0 Å². The molecule has 4 nitrogen and oxygen atoms in total. The van der Waals surface area contributed by atoms with Gasteiger partial charge < -0.3 is 5.32 Å². The van der Waals surface area contributed by atoms with Crippen LogP contribution in [0.5, 0.6) is 0 Å². The molecule has 106 valence electrons. The predicted molar refractivity (Wildman–Crippen MR) is 81.5 cm³/mol. The maximum absolute atomic E-state index is 12.8. The van der Waals surface area contributed by atoms with Crippen molar-refractivity contribution in [2.24, 2.45) is 0 Å². The average Bonchev–Trinajstić information content (AvgIpc) is 3.29. The van der Waals surface area contributed by atoms with Crippen molar-refractivity contribution in [1.29, 1.82) is 0 Å². The maximum atomic E-state index is 12.8. The van der Waals surface area contributed by atoms with E-state index in [1.54, 1.807) is 11.3 Å². The average molecular weight is 289 g/mol. The summed E-state index contributed by atoms with van der Waals surface area (Å²) in [5.41, 5.74) is 1.28. The first-order valence-corrected chi connectivity index (χ1v) is 8.21. The Morgan fingerprint density at radius 1 is 1.30 bits per heavy atom. The molecule has 0 saturated heterocycles. The molecule has 2 aromatic heterocycles. The third kappa shape index (κ3) is 2.00. The van der Waals surface area contributed by atoms with Gasteiger partial charge in [-0.1, -0.05) is 0 Å². The zero-order valence-electron chi connectivity index (χ0n) is 11.9. The van der Waals surface area contributed by atoms with Crippen LogP contribution in [0.1, 0.15) is 48.0 Å². The number of thiophene rings is 1. The zero-order chi connectivity index (χ0) is 13.9. The molecule has 0 atom stereocenters. The summed E-state index contributed by atoms with van der Waals surface area (Å²) < 4.78 is 1.96. The minimum Gasteiger partial charge on any atom is -0.307 e. The van der Waals surface area contributed by atoms with Crippen molar-refractivity contribution in [2.75, 3.05) is 0 Å². The van der Waals surface area contributed by atoms with Gasteiger partial charge in [-0.2, -0.15) is 0 Å². The van der Waals surface area contributed by atoms with Gasteiger partial charge >= 0.3 is 0 Å². The summed E-state index contributed by atoms with van der Waals surface area (Å²) in [6.45, 7) is 4.84. The number of nitrogens with zero attached hydrogens (tertiary/aromatic N) is 2. The molecule has 2 aromatic rings. The molecular formula is C15H19N3OS. The van der Waals surface area contributed by atoms with Crippen molar-refractivity contribution in [2.45, 2.75) is 58.2 Å². The zero-order valence-corrected chi connectivity index (χ0v) is 12.7. The Morgan fingerprint density at radius 3 is 2.70 bits per heavy atom. The fraction of sp³-hybridized carbons (Fsp3) is 0.600. The molecule has 0 aromatic carbocycles. The second-order valence-electron chi connectivity index (χ2n) is 6.05. The Balaban J connectivity index is 1.87. The molecule has 2 heterocycles. The van der Waals surface area contributed by atoms with E-state index in [0.29, 0.717) is 12.1 Å². The van der Waals surface area contributed by atoms with Crippen molar-refractivity contribution in [3.05, 3.63) is 26.6 Å². The molecule has 4 rings (SSSR count). The second-order valence-corrected chi connectivity index (χ2v) is 7.26. The van der Waals surface area contributed by atoms with Gasteiger partial charge in [-0.3, -0.25) is 9.36 Å². The summed E-state index contributed by atoms with van der Waals surface area (Å²) in [6.07, 6.45) is 4.75. The van der Waals surface area contributed by atoms with Crippen LogP contribution in [-0.4, -0.2) is 15.6 Å². The summed E-state index contributed by atoms with van der Waals surface area (Å²) >= 11 is 1.65. The highest BCUT2D eigenvalue weighted by Gasteiger charge is 2.30. The molecule has 0 radical (unpaired) electrons. The molecular weight excluding hydrogens is 270 g/mol. The second kappa shape index (κ2) is 4.40. The molecule has 0 bridgehead atoms. The summed E-state index contributed by atoms with van der Waals surface area (Å²) in [7, 11) is 0. The number of nitrogens with one attached hydrogen (secondary N) is 1. The monoisotopic (exact) mass is 289 g/mol. The van der Waals surface area contributed by atoms with Crippen LogP contribution in [0.15, 0.2) is 4.79 Å². The van der Waals surface area contributed by atoms with Gasteiger partial charge in [-0.15, -0.1) is 11.3 Å². The fourth-order valence-electron chi connectivity index (χ4n) is 2.71. The standard InChI is InChI=1S/C15H19N3OS/c1-8-9(2)20-14-13(8)15(19)18(11-5-6-11)12(17-14)7-16-10-3-4-10/h10-11,16H,3-7H2,1-2H3. The van der Waals surface area contributed by atoms with E-state index in [4.69, 9.17) is 4.98 Å². The van der Waals surface area contributed by atoms with Crippen molar-refractivity contribution < 1.29 is 0 Å². The predicted octanol–water partition coefficient (Wildman–Crippen LogP) is 2.66. The first kappa shape index (κ1) is 12.5. The topological polar surface area (TPSA) is 46.9 Å². The van der Waals surface area contributed by atoms with E-state index in [1.807, 2.05) is 11.5 Å². The summed E-state index contributed by atoms with van der Waals surface area (Å²) in [4.78, 5) is 19.7. The van der Waals surface area contributed by atoms with Crippen LogP contribution in [0.25, 0.3) is 10.2 Å². The van der Waals surface area contributed by atoms with Crippen LogP contribution in [0.3, 0.4) is 0 Å². The van der Waals surface area contributed by atoms with E-state index < -0.39 is 0 Å². The van der Waals surface area contributed by atoms with Crippen molar-refractivity contribution in [1.82, 2.24) is 14.9 Å².